The number of nitrogens with one attached hydrogen (secondary N) is 1. The maximum absolute atomic E-state index is 13.0. The fourth-order valence-electron chi connectivity index (χ4n) is 3.82. The first-order valence-electron chi connectivity index (χ1n) is 9.17. The van der Waals surface area contributed by atoms with Crippen molar-refractivity contribution >= 4 is 26.6 Å². The standard InChI is InChI=1S/C20H21N3O3S/c24-18-6-4-16(5-7-18)23(15-2-3-15)17-12-22(13-17)27(25,26)19-8-1-14-9-10-21-20(14)11-19/h1,4-11,15,17,21,24H,2-3,12-13H2. The van der Waals surface area contributed by atoms with Crippen LogP contribution in [-0.2, 0) is 10.0 Å². The molecule has 2 fully saturated rings. The van der Waals surface area contributed by atoms with Gasteiger partial charge in [0.25, 0.3) is 0 Å². The third-order valence-electron chi connectivity index (χ3n) is 5.47. The Balaban J connectivity index is 1.36. The molecular weight excluding hydrogens is 362 g/mol. The number of aromatic hydroxyl groups is 1. The molecule has 0 radical (unpaired) electrons. The van der Waals surface area contributed by atoms with E-state index >= 15 is 0 Å². The van der Waals surface area contributed by atoms with Gasteiger partial charge in [-0.15, -0.1) is 0 Å². The number of sulfonamides is 1. The monoisotopic (exact) mass is 383 g/mol. The molecule has 0 spiro atoms. The molecule has 0 amide bonds. The number of hydrogen-bond donors (Lipinski definition) is 2. The first-order chi connectivity index (χ1) is 13.0. The van der Waals surface area contributed by atoms with Crippen molar-refractivity contribution in [3.05, 3.63) is 54.7 Å². The molecule has 0 atom stereocenters. The van der Waals surface area contributed by atoms with E-state index in [1.807, 2.05) is 30.5 Å². The smallest absolute Gasteiger partial charge is 0.243 e. The lowest BCUT2D eigenvalue weighted by molar-refractivity contribution is 0.251. The minimum atomic E-state index is -3.49. The summed E-state index contributed by atoms with van der Waals surface area (Å²) in [5.41, 5.74) is 1.88. The lowest BCUT2D eigenvalue weighted by Gasteiger charge is -2.45. The number of benzene rings is 2. The van der Waals surface area contributed by atoms with Gasteiger partial charge in [-0.1, -0.05) is 6.07 Å². The molecule has 1 aliphatic heterocycles. The molecule has 2 aromatic carbocycles. The minimum absolute atomic E-state index is 0.172. The highest BCUT2D eigenvalue weighted by Gasteiger charge is 2.44. The van der Waals surface area contributed by atoms with Gasteiger partial charge in [-0.05, 0) is 60.7 Å². The van der Waals surface area contributed by atoms with Crippen LogP contribution in [0.1, 0.15) is 12.8 Å². The van der Waals surface area contributed by atoms with Crippen molar-refractivity contribution < 1.29 is 13.5 Å². The molecule has 3 aromatic rings. The zero-order valence-corrected chi connectivity index (χ0v) is 15.6. The van der Waals surface area contributed by atoms with E-state index in [-0.39, 0.29) is 11.8 Å². The van der Waals surface area contributed by atoms with Crippen LogP contribution < -0.4 is 4.90 Å². The summed E-state index contributed by atoms with van der Waals surface area (Å²) in [7, 11) is -3.49. The molecule has 2 N–H and O–H groups in total. The Morgan fingerprint density at radius 3 is 2.44 bits per heavy atom. The molecule has 1 aliphatic carbocycles. The average Bonchev–Trinajstić information content (AvgIpc) is 3.34. The van der Waals surface area contributed by atoms with Gasteiger partial charge in [0.05, 0.1) is 10.9 Å². The van der Waals surface area contributed by atoms with Crippen molar-refractivity contribution in [1.82, 2.24) is 9.29 Å². The van der Waals surface area contributed by atoms with Gasteiger partial charge in [0.1, 0.15) is 5.75 Å². The Morgan fingerprint density at radius 1 is 1.00 bits per heavy atom. The van der Waals surface area contributed by atoms with E-state index in [1.54, 1.807) is 28.6 Å². The van der Waals surface area contributed by atoms with Crippen molar-refractivity contribution in [2.45, 2.75) is 29.8 Å². The largest absolute Gasteiger partial charge is 0.508 e. The van der Waals surface area contributed by atoms with E-state index in [2.05, 4.69) is 9.88 Å². The zero-order valence-electron chi connectivity index (χ0n) is 14.7. The van der Waals surface area contributed by atoms with Crippen LogP contribution in [0.15, 0.2) is 59.6 Å². The second-order valence-electron chi connectivity index (χ2n) is 7.36. The fraction of sp³-hybridized carbons (Fsp3) is 0.300. The third-order valence-corrected chi connectivity index (χ3v) is 7.30. The van der Waals surface area contributed by atoms with Gasteiger partial charge < -0.3 is 15.0 Å². The Bertz CT molecular complexity index is 1080. The molecule has 2 heterocycles. The number of aromatic amines is 1. The lowest BCUT2D eigenvalue weighted by Crippen LogP contribution is -2.61. The summed E-state index contributed by atoms with van der Waals surface area (Å²) < 4.78 is 27.5. The van der Waals surface area contributed by atoms with Crippen LogP contribution in [0.25, 0.3) is 10.9 Å². The summed E-state index contributed by atoms with van der Waals surface area (Å²) in [6.45, 7) is 0.977. The fourth-order valence-corrected chi connectivity index (χ4v) is 5.36. The number of aromatic nitrogens is 1. The van der Waals surface area contributed by atoms with E-state index in [1.165, 1.54) is 0 Å². The molecule has 1 saturated heterocycles. The lowest BCUT2D eigenvalue weighted by atomic mass is 10.1. The Hall–Kier alpha value is -2.51. The first-order valence-corrected chi connectivity index (χ1v) is 10.6. The average molecular weight is 383 g/mol. The molecule has 1 aromatic heterocycles. The van der Waals surface area contributed by atoms with Crippen LogP contribution >= 0.6 is 0 Å². The SMILES string of the molecule is O=S(=O)(c1ccc2cc[nH]c2c1)N1CC(N(c2ccc(O)cc2)C2CC2)C1. The van der Waals surface area contributed by atoms with Crippen molar-refractivity contribution in [3.63, 3.8) is 0 Å². The third kappa shape index (κ3) is 2.87. The van der Waals surface area contributed by atoms with Crippen molar-refractivity contribution in [2.75, 3.05) is 18.0 Å². The number of hydrogen-bond acceptors (Lipinski definition) is 4. The number of H-pyrrole nitrogens is 1. The molecule has 140 valence electrons. The van der Waals surface area contributed by atoms with Gasteiger partial charge in [-0.2, -0.15) is 4.31 Å². The zero-order chi connectivity index (χ0) is 18.6. The van der Waals surface area contributed by atoms with Gasteiger partial charge in [-0.25, -0.2) is 8.42 Å². The number of phenols is 1. The molecule has 0 unspecified atom stereocenters. The summed E-state index contributed by atoms with van der Waals surface area (Å²) >= 11 is 0. The number of rotatable bonds is 5. The maximum Gasteiger partial charge on any atom is 0.243 e. The Labute approximate surface area is 158 Å². The van der Waals surface area contributed by atoms with Gasteiger partial charge in [0.15, 0.2) is 0 Å². The van der Waals surface area contributed by atoms with Crippen LogP contribution in [0.5, 0.6) is 5.75 Å². The van der Waals surface area contributed by atoms with Crippen LogP contribution in [0.4, 0.5) is 5.69 Å². The predicted molar refractivity (Wildman–Crippen MR) is 104 cm³/mol. The maximum atomic E-state index is 13.0. The van der Waals surface area contributed by atoms with Gasteiger partial charge >= 0.3 is 0 Å². The van der Waals surface area contributed by atoms with E-state index in [0.717, 1.165) is 29.4 Å². The van der Waals surface area contributed by atoms with Crippen LogP contribution in [0.3, 0.4) is 0 Å². The van der Waals surface area contributed by atoms with Crippen molar-refractivity contribution in [2.24, 2.45) is 0 Å². The highest BCUT2D eigenvalue weighted by molar-refractivity contribution is 7.89. The summed E-state index contributed by atoms with van der Waals surface area (Å²) in [6.07, 6.45) is 4.08. The summed E-state index contributed by atoms with van der Waals surface area (Å²) in [6, 6.07) is 15.0. The van der Waals surface area contributed by atoms with Crippen LogP contribution in [-0.4, -0.2) is 48.0 Å². The van der Waals surface area contributed by atoms with E-state index in [9.17, 15) is 13.5 Å². The van der Waals surface area contributed by atoms with E-state index in [0.29, 0.717) is 24.0 Å². The molecular formula is C20H21N3O3S. The molecule has 27 heavy (non-hydrogen) atoms. The summed E-state index contributed by atoms with van der Waals surface area (Å²) in [4.78, 5) is 5.72. The number of phenolic OH excluding ortho intramolecular Hbond substituents is 1. The molecule has 6 nitrogen and oxygen atoms in total. The number of fused-ring (bicyclic) bond motifs is 1. The van der Waals surface area contributed by atoms with Gasteiger partial charge in [0, 0.05) is 36.5 Å². The second-order valence-corrected chi connectivity index (χ2v) is 9.30. The van der Waals surface area contributed by atoms with Crippen LogP contribution in [0.2, 0.25) is 0 Å². The topological polar surface area (TPSA) is 76.6 Å². The molecule has 1 saturated carbocycles. The van der Waals surface area contributed by atoms with E-state index < -0.39 is 10.0 Å². The first kappa shape index (κ1) is 16.6. The normalized spacial score (nSPS) is 18.5. The highest BCUT2D eigenvalue weighted by atomic mass is 32.2. The second kappa shape index (κ2) is 6.00. The predicted octanol–water partition coefficient (Wildman–Crippen LogP) is 2.92. The van der Waals surface area contributed by atoms with E-state index in [4.69, 9.17) is 0 Å². The highest BCUT2D eigenvalue weighted by Crippen LogP contribution is 2.37. The molecule has 0 bridgehead atoms. The minimum Gasteiger partial charge on any atom is -0.508 e. The van der Waals surface area contributed by atoms with Crippen molar-refractivity contribution in [1.29, 1.82) is 0 Å². The van der Waals surface area contributed by atoms with Crippen molar-refractivity contribution in [3.8, 4) is 5.75 Å². The van der Waals surface area contributed by atoms with Gasteiger partial charge in [0.2, 0.25) is 10.0 Å². The summed E-state index contributed by atoms with van der Waals surface area (Å²) in [5.74, 6) is 0.243. The summed E-state index contributed by atoms with van der Waals surface area (Å²) in [5, 5.41) is 10.5. The quantitative estimate of drug-likeness (QED) is 0.710. The number of anilines is 1. The Morgan fingerprint density at radius 2 is 1.74 bits per heavy atom. The van der Waals surface area contributed by atoms with Crippen LogP contribution in [0, 0.1) is 0 Å². The Kier molecular flexibility index (Phi) is 3.70. The molecule has 7 heteroatoms. The number of nitrogens with zero attached hydrogens (tertiary/aromatic N) is 2. The molecule has 2 aliphatic rings. The molecule has 5 rings (SSSR count). The van der Waals surface area contributed by atoms with Gasteiger partial charge in [-0.3, -0.25) is 0 Å².